The van der Waals surface area contributed by atoms with E-state index in [0.717, 1.165) is 24.0 Å². The Morgan fingerprint density at radius 1 is 1.11 bits per heavy atom. The average Bonchev–Trinajstić information content (AvgIpc) is 3.04. The van der Waals surface area contributed by atoms with Crippen molar-refractivity contribution in [2.24, 2.45) is 0 Å². The smallest absolute Gasteiger partial charge is 0.326 e. The van der Waals surface area contributed by atoms with Gasteiger partial charge in [-0.05, 0) is 43.3 Å². The molecule has 0 atom stereocenters. The Balaban J connectivity index is 1.58. The van der Waals surface area contributed by atoms with E-state index in [9.17, 15) is 22.8 Å². The first-order valence-corrected chi connectivity index (χ1v) is 9.18. The Kier molecular flexibility index (Phi) is 5.68. The molecule has 0 radical (unpaired) electrons. The summed E-state index contributed by atoms with van der Waals surface area (Å²) in [6, 6.07) is 8.69. The van der Waals surface area contributed by atoms with Crippen molar-refractivity contribution in [2.45, 2.75) is 24.7 Å². The summed E-state index contributed by atoms with van der Waals surface area (Å²) < 4.78 is 39.8. The number of halogens is 3. The zero-order chi connectivity index (χ0) is 20.3. The first-order valence-electron chi connectivity index (χ1n) is 8.19. The molecule has 0 saturated carbocycles. The van der Waals surface area contributed by atoms with Crippen molar-refractivity contribution >= 4 is 34.8 Å². The molecule has 10 heteroatoms. The van der Waals surface area contributed by atoms with Gasteiger partial charge in [-0.15, -0.1) is 10.2 Å². The molecule has 2 heterocycles. The highest BCUT2D eigenvalue weighted by atomic mass is 32.2. The SMILES string of the molecule is CC(=O)c1ccc(NC(=O)CCSc2nnc3ccc(C(F)(F)F)cn23)cc1. The van der Waals surface area contributed by atoms with Gasteiger partial charge >= 0.3 is 6.18 Å². The lowest BCUT2D eigenvalue weighted by molar-refractivity contribution is -0.137. The number of aromatic nitrogens is 3. The molecule has 0 spiro atoms. The van der Waals surface area contributed by atoms with Gasteiger partial charge in [-0.2, -0.15) is 13.2 Å². The quantitative estimate of drug-likeness (QED) is 0.492. The summed E-state index contributed by atoms with van der Waals surface area (Å²) in [4.78, 5) is 23.3. The molecule has 3 aromatic rings. The Labute approximate surface area is 162 Å². The monoisotopic (exact) mass is 408 g/mol. The van der Waals surface area contributed by atoms with Crippen LogP contribution < -0.4 is 5.32 Å². The van der Waals surface area contributed by atoms with E-state index < -0.39 is 11.7 Å². The third kappa shape index (κ3) is 4.69. The molecule has 1 N–H and O–H groups in total. The van der Waals surface area contributed by atoms with Crippen LogP contribution in [0.15, 0.2) is 47.8 Å². The van der Waals surface area contributed by atoms with Gasteiger partial charge in [0.2, 0.25) is 5.91 Å². The second-order valence-corrected chi connectivity index (χ2v) is 6.97. The first-order chi connectivity index (χ1) is 13.2. The highest BCUT2D eigenvalue weighted by Crippen LogP contribution is 2.30. The van der Waals surface area contributed by atoms with Crippen LogP contribution in [-0.2, 0) is 11.0 Å². The van der Waals surface area contributed by atoms with Crippen LogP contribution in [-0.4, -0.2) is 32.0 Å². The number of ketones is 1. The van der Waals surface area contributed by atoms with Crippen LogP contribution in [0.1, 0.15) is 29.3 Å². The molecule has 0 aliphatic rings. The molecule has 28 heavy (non-hydrogen) atoms. The number of alkyl halides is 3. The second-order valence-electron chi connectivity index (χ2n) is 5.91. The van der Waals surface area contributed by atoms with E-state index in [1.807, 2.05) is 0 Å². The minimum atomic E-state index is -4.46. The molecule has 146 valence electrons. The molecule has 1 amide bonds. The third-order valence-corrected chi connectivity index (χ3v) is 4.78. The predicted octanol–water partition coefficient (Wildman–Crippen LogP) is 4.07. The number of hydrogen-bond acceptors (Lipinski definition) is 5. The van der Waals surface area contributed by atoms with Gasteiger partial charge in [0.15, 0.2) is 16.6 Å². The van der Waals surface area contributed by atoms with Crippen LogP contribution in [0, 0.1) is 0 Å². The number of carbonyl (C=O) groups is 2. The van der Waals surface area contributed by atoms with Crippen LogP contribution in [0.3, 0.4) is 0 Å². The normalized spacial score (nSPS) is 11.6. The molecule has 6 nitrogen and oxygen atoms in total. The summed E-state index contributed by atoms with van der Waals surface area (Å²) in [6.45, 7) is 1.46. The lowest BCUT2D eigenvalue weighted by Gasteiger charge is -2.07. The molecule has 0 bridgehead atoms. The number of amides is 1. The number of rotatable bonds is 6. The topological polar surface area (TPSA) is 76.4 Å². The van der Waals surface area contributed by atoms with Crippen molar-refractivity contribution in [2.75, 3.05) is 11.1 Å². The molecule has 0 saturated heterocycles. The summed E-state index contributed by atoms with van der Waals surface area (Å²) in [5.41, 5.74) is 0.604. The molecule has 0 aliphatic carbocycles. The highest BCUT2D eigenvalue weighted by Gasteiger charge is 2.31. The fourth-order valence-corrected chi connectivity index (χ4v) is 3.24. The number of pyridine rings is 1. The van der Waals surface area contributed by atoms with E-state index in [2.05, 4.69) is 15.5 Å². The van der Waals surface area contributed by atoms with Gasteiger partial charge in [-0.3, -0.25) is 14.0 Å². The fourth-order valence-electron chi connectivity index (χ4n) is 2.38. The molecule has 0 unspecified atom stereocenters. The Bertz CT molecular complexity index is 1020. The predicted molar refractivity (Wildman–Crippen MR) is 98.4 cm³/mol. The number of fused-ring (bicyclic) bond motifs is 1. The maximum atomic E-state index is 12.9. The van der Waals surface area contributed by atoms with E-state index in [1.54, 1.807) is 24.3 Å². The third-order valence-electron chi connectivity index (χ3n) is 3.83. The van der Waals surface area contributed by atoms with Crippen LogP contribution in [0.4, 0.5) is 18.9 Å². The van der Waals surface area contributed by atoms with E-state index >= 15 is 0 Å². The Morgan fingerprint density at radius 3 is 2.46 bits per heavy atom. The number of Topliss-reactive ketones (excluding diaryl/α,β-unsaturated/α-hetero) is 1. The van der Waals surface area contributed by atoms with Crippen molar-refractivity contribution in [1.29, 1.82) is 0 Å². The van der Waals surface area contributed by atoms with Crippen molar-refractivity contribution in [1.82, 2.24) is 14.6 Å². The van der Waals surface area contributed by atoms with Gasteiger partial charge in [0, 0.05) is 29.6 Å². The van der Waals surface area contributed by atoms with Gasteiger partial charge in [-0.1, -0.05) is 11.8 Å². The molecule has 0 aliphatic heterocycles. The number of nitrogens with one attached hydrogen (secondary N) is 1. The molecule has 0 fully saturated rings. The van der Waals surface area contributed by atoms with Crippen LogP contribution in [0.2, 0.25) is 0 Å². The number of benzene rings is 1. The average molecular weight is 408 g/mol. The standard InChI is InChI=1S/C18H15F3N4O2S/c1-11(26)12-2-5-14(6-3-12)22-16(27)8-9-28-17-24-23-15-7-4-13(10-25(15)17)18(19,20)21/h2-7,10H,8-9H2,1H3,(H,22,27). The van der Waals surface area contributed by atoms with Crippen LogP contribution in [0.25, 0.3) is 5.65 Å². The summed E-state index contributed by atoms with van der Waals surface area (Å²) in [5, 5.41) is 10.7. The summed E-state index contributed by atoms with van der Waals surface area (Å²) >= 11 is 1.14. The zero-order valence-corrected chi connectivity index (χ0v) is 15.5. The van der Waals surface area contributed by atoms with Crippen molar-refractivity contribution < 1.29 is 22.8 Å². The van der Waals surface area contributed by atoms with E-state index in [-0.39, 0.29) is 23.3 Å². The molecule has 2 aromatic heterocycles. The number of anilines is 1. The van der Waals surface area contributed by atoms with Gasteiger partial charge in [-0.25, -0.2) is 0 Å². The van der Waals surface area contributed by atoms with Crippen molar-refractivity contribution in [3.8, 4) is 0 Å². The van der Waals surface area contributed by atoms with Gasteiger partial charge in [0.25, 0.3) is 0 Å². The zero-order valence-electron chi connectivity index (χ0n) is 14.7. The largest absolute Gasteiger partial charge is 0.417 e. The highest BCUT2D eigenvalue weighted by molar-refractivity contribution is 7.99. The fraction of sp³-hybridized carbons (Fsp3) is 0.222. The van der Waals surface area contributed by atoms with E-state index in [1.165, 1.54) is 17.4 Å². The minimum absolute atomic E-state index is 0.0662. The molecule has 3 rings (SSSR count). The summed E-state index contributed by atoms with van der Waals surface area (Å²) in [5.74, 6) is -0.00892. The van der Waals surface area contributed by atoms with Crippen molar-refractivity contribution in [3.05, 3.63) is 53.7 Å². The van der Waals surface area contributed by atoms with Gasteiger partial charge < -0.3 is 5.32 Å². The van der Waals surface area contributed by atoms with Crippen molar-refractivity contribution in [3.63, 3.8) is 0 Å². The Hall–Kier alpha value is -2.88. The van der Waals surface area contributed by atoms with Crippen LogP contribution in [0.5, 0.6) is 0 Å². The first kappa shape index (κ1) is 19.9. The lowest BCUT2D eigenvalue weighted by Crippen LogP contribution is -2.12. The minimum Gasteiger partial charge on any atom is -0.326 e. The molecule has 1 aromatic carbocycles. The maximum absolute atomic E-state index is 12.9. The Morgan fingerprint density at radius 2 is 1.82 bits per heavy atom. The number of carbonyl (C=O) groups excluding carboxylic acids is 2. The molecular weight excluding hydrogens is 393 g/mol. The summed E-state index contributed by atoms with van der Waals surface area (Å²) in [6.07, 6.45) is -3.39. The lowest BCUT2D eigenvalue weighted by atomic mass is 10.1. The number of thioether (sulfide) groups is 1. The molecular formula is C18H15F3N4O2S. The second kappa shape index (κ2) is 8.01. The van der Waals surface area contributed by atoms with Gasteiger partial charge in [0.05, 0.1) is 5.56 Å². The van der Waals surface area contributed by atoms with Gasteiger partial charge in [0.1, 0.15) is 0 Å². The van der Waals surface area contributed by atoms with E-state index in [0.29, 0.717) is 22.7 Å². The van der Waals surface area contributed by atoms with E-state index in [4.69, 9.17) is 0 Å². The van der Waals surface area contributed by atoms with Crippen LogP contribution >= 0.6 is 11.8 Å². The number of nitrogens with zero attached hydrogens (tertiary/aromatic N) is 3. The maximum Gasteiger partial charge on any atom is 0.417 e. The summed E-state index contributed by atoms with van der Waals surface area (Å²) in [7, 11) is 0. The number of hydrogen-bond donors (Lipinski definition) is 1.